The molecule has 0 N–H and O–H groups in total. The zero-order chi connectivity index (χ0) is 32.5. The predicted molar refractivity (Wildman–Crippen MR) is 199 cm³/mol. The van der Waals surface area contributed by atoms with Gasteiger partial charge in [-0.15, -0.1) is 0 Å². The average molecular weight is 640 g/mol. The lowest BCUT2D eigenvalue weighted by Crippen LogP contribution is -2.74. The molecule has 3 unspecified atom stereocenters. The molecule has 4 heteroatoms. The minimum Gasteiger partial charge on any atom is -0.456 e. The molecule has 0 aliphatic carbocycles. The lowest BCUT2D eigenvalue weighted by atomic mass is 9.63. The summed E-state index contributed by atoms with van der Waals surface area (Å²) >= 11 is 0. The van der Waals surface area contributed by atoms with Gasteiger partial charge in [0.05, 0.1) is 27.7 Å². The highest BCUT2D eigenvalue weighted by atomic mass is 16.3. The summed E-state index contributed by atoms with van der Waals surface area (Å²) in [6.07, 6.45) is 5.51. The van der Waals surface area contributed by atoms with Gasteiger partial charge in [0, 0.05) is 62.1 Å². The van der Waals surface area contributed by atoms with Gasteiger partial charge in [-0.1, -0.05) is 61.2 Å². The standard InChI is InChI=1S/C46H29N3O/c1-2-46-25-26-11-9-18-38(49(26)46)33-21-32-30-15-10-16-31-34-24-42-35(28-13-5-6-19-41(28)50-42)22-39(34)48(44(30)31)40(32)23-36(33)43(46)45-29-14-4-3-12-27(29)37-17-7-8-20-47(37)45/h2-24,43,45H,1,25H2/q+2. The lowest BCUT2D eigenvalue weighted by Gasteiger charge is -2.45. The lowest BCUT2D eigenvalue weighted by molar-refractivity contribution is -0.808. The Morgan fingerprint density at radius 1 is 0.640 bits per heavy atom. The molecule has 0 fully saturated rings. The van der Waals surface area contributed by atoms with E-state index in [1.165, 1.54) is 77.4 Å². The van der Waals surface area contributed by atoms with Crippen molar-refractivity contribution in [2.75, 3.05) is 0 Å². The minimum absolute atomic E-state index is 0.119. The SMILES string of the molecule is C=CC12Cc3cccc([n+]31)-c1cc3c4cccc5c6cc7oc8ccccc8c7cc6n(c3cc1C2C1c2ccccc2-c2cccc[n+]21)c45. The van der Waals surface area contributed by atoms with E-state index in [0.29, 0.717) is 0 Å². The Kier molecular flexibility index (Phi) is 4.36. The van der Waals surface area contributed by atoms with Crippen molar-refractivity contribution in [1.82, 2.24) is 4.40 Å². The summed E-state index contributed by atoms with van der Waals surface area (Å²) < 4.78 is 14.1. The molecular weight excluding hydrogens is 611 g/mol. The van der Waals surface area contributed by atoms with Crippen LogP contribution in [0, 0.1) is 0 Å². The number of aromatic nitrogens is 3. The van der Waals surface area contributed by atoms with Crippen LogP contribution in [0.4, 0.5) is 0 Å². The van der Waals surface area contributed by atoms with Gasteiger partial charge < -0.3 is 8.82 Å². The molecule has 3 atom stereocenters. The monoisotopic (exact) mass is 639 g/mol. The fourth-order valence-corrected chi connectivity index (χ4v) is 10.6. The molecule has 5 aromatic heterocycles. The number of furan rings is 1. The minimum atomic E-state index is -0.253. The van der Waals surface area contributed by atoms with Gasteiger partial charge in [0.15, 0.2) is 17.9 Å². The van der Waals surface area contributed by atoms with Crippen molar-refractivity contribution in [2.24, 2.45) is 0 Å². The van der Waals surface area contributed by atoms with E-state index in [-0.39, 0.29) is 17.5 Å². The van der Waals surface area contributed by atoms with Crippen molar-refractivity contribution >= 4 is 60.0 Å². The van der Waals surface area contributed by atoms with Gasteiger partial charge in [0.25, 0.3) is 0 Å². The van der Waals surface area contributed by atoms with Crippen molar-refractivity contribution in [3.8, 4) is 22.5 Å². The summed E-state index contributed by atoms with van der Waals surface area (Å²) in [4.78, 5) is 0. The Labute approximate surface area is 286 Å². The van der Waals surface area contributed by atoms with E-state index in [1.54, 1.807) is 0 Å². The molecule has 232 valence electrons. The van der Waals surface area contributed by atoms with Crippen molar-refractivity contribution in [3.05, 3.63) is 163 Å². The second-order valence-corrected chi connectivity index (χ2v) is 14.6. The summed E-state index contributed by atoms with van der Waals surface area (Å²) in [5.41, 5.74) is 14.7. The van der Waals surface area contributed by atoms with Crippen LogP contribution in [0.2, 0.25) is 0 Å². The molecule has 0 saturated heterocycles. The summed E-state index contributed by atoms with van der Waals surface area (Å²) in [5, 5.41) is 7.40. The van der Waals surface area contributed by atoms with Crippen LogP contribution in [-0.4, -0.2) is 4.40 Å². The summed E-state index contributed by atoms with van der Waals surface area (Å²) in [5.74, 6) is 0.132. The first-order valence-corrected chi connectivity index (χ1v) is 17.6. The van der Waals surface area contributed by atoms with Gasteiger partial charge in [-0.05, 0) is 60.2 Å². The molecule has 4 nitrogen and oxygen atoms in total. The van der Waals surface area contributed by atoms with Gasteiger partial charge in [-0.2, -0.15) is 9.13 Å². The van der Waals surface area contributed by atoms with Gasteiger partial charge in [-0.25, -0.2) is 0 Å². The second kappa shape index (κ2) is 8.47. The fraction of sp³-hybridized carbons (Fsp3) is 0.0870. The van der Waals surface area contributed by atoms with E-state index >= 15 is 0 Å². The van der Waals surface area contributed by atoms with Crippen molar-refractivity contribution < 1.29 is 13.6 Å². The van der Waals surface area contributed by atoms with Crippen LogP contribution in [-0.2, 0) is 12.0 Å². The highest BCUT2D eigenvalue weighted by Crippen LogP contribution is 2.56. The topological polar surface area (TPSA) is 25.3 Å². The number of rotatable bonds is 2. The summed E-state index contributed by atoms with van der Waals surface area (Å²) in [6.45, 7) is 4.58. The van der Waals surface area contributed by atoms with Crippen LogP contribution in [0.1, 0.15) is 28.8 Å². The molecular formula is C46H29N3O+2. The maximum absolute atomic E-state index is 6.39. The van der Waals surface area contributed by atoms with Crippen LogP contribution >= 0.6 is 0 Å². The normalized spacial score (nSPS) is 20.1. The van der Waals surface area contributed by atoms with Gasteiger partial charge in [-0.3, -0.25) is 0 Å². The molecule has 0 radical (unpaired) electrons. The Morgan fingerprint density at radius 2 is 1.40 bits per heavy atom. The van der Waals surface area contributed by atoms with E-state index in [4.69, 9.17) is 4.42 Å². The Bertz CT molecular complexity index is 3130. The van der Waals surface area contributed by atoms with Crippen LogP contribution in [0.5, 0.6) is 0 Å². The highest BCUT2D eigenvalue weighted by molar-refractivity contribution is 6.26. The molecule has 0 spiro atoms. The van der Waals surface area contributed by atoms with Crippen molar-refractivity contribution in [1.29, 1.82) is 0 Å². The molecule has 5 aromatic carbocycles. The third-order valence-corrected chi connectivity index (χ3v) is 12.5. The molecule has 50 heavy (non-hydrogen) atoms. The summed E-state index contributed by atoms with van der Waals surface area (Å²) in [7, 11) is 0. The van der Waals surface area contributed by atoms with Crippen LogP contribution in [0.15, 0.2) is 151 Å². The zero-order valence-corrected chi connectivity index (χ0v) is 27.1. The Balaban J connectivity index is 1.19. The molecule has 8 heterocycles. The first-order valence-electron chi connectivity index (χ1n) is 17.6. The maximum Gasteiger partial charge on any atom is 0.213 e. The maximum atomic E-state index is 6.39. The van der Waals surface area contributed by atoms with Crippen molar-refractivity contribution in [3.63, 3.8) is 0 Å². The predicted octanol–water partition coefficient (Wildman–Crippen LogP) is 9.78. The molecule has 0 saturated carbocycles. The van der Waals surface area contributed by atoms with E-state index in [2.05, 4.69) is 154 Å². The first-order chi connectivity index (χ1) is 24.7. The smallest absolute Gasteiger partial charge is 0.213 e. The second-order valence-electron chi connectivity index (χ2n) is 14.6. The average Bonchev–Trinajstić information content (AvgIpc) is 3.88. The van der Waals surface area contributed by atoms with Crippen molar-refractivity contribution in [2.45, 2.75) is 23.9 Å². The first kappa shape index (κ1) is 25.7. The van der Waals surface area contributed by atoms with Gasteiger partial charge in [0.2, 0.25) is 16.9 Å². The number of para-hydroxylation sites is 2. The number of hydrogen-bond donors (Lipinski definition) is 0. The van der Waals surface area contributed by atoms with Crippen LogP contribution < -0.4 is 9.13 Å². The zero-order valence-electron chi connectivity index (χ0n) is 27.1. The molecule has 0 bridgehead atoms. The number of pyridine rings is 2. The van der Waals surface area contributed by atoms with Crippen LogP contribution in [0.25, 0.3) is 82.5 Å². The number of allylic oxidation sites excluding steroid dienone is 1. The molecule has 13 rings (SSSR count). The number of fused-ring (bicyclic) bond motifs is 14. The van der Waals surface area contributed by atoms with Crippen LogP contribution in [0.3, 0.4) is 0 Å². The number of hydrogen-bond acceptors (Lipinski definition) is 1. The van der Waals surface area contributed by atoms with E-state index in [9.17, 15) is 0 Å². The fourth-order valence-electron chi connectivity index (χ4n) is 10.6. The summed E-state index contributed by atoms with van der Waals surface area (Å²) in [6, 6.07) is 47.5. The molecule has 3 aliphatic heterocycles. The number of nitrogens with zero attached hydrogens (tertiary/aromatic N) is 3. The van der Waals surface area contributed by atoms with Gasteiger partial charge >= 0.3 is 0 Å². The quantitative estimate of drug-likeness (QED) is 0.137. The highest BCUT2D eigenvalue weighted by Gasteiger charge is 2.66. The third kappa shape index (κ3) is 2.75. The number of benzene rings is 5. The largest absolute Gasteiger partial charge is 0.456 e. The van der Waals surface area contributed by atoms with E-state index < -0.39 is 0 Å². The Hall–Kier alpha value is -6.26. The Morgan fingerprint density at radius 3 is 2.32 bits per heavy atom. The third-order valence-electron chi connectivity index (χ3n) is 12.5. The molecule has 3 aliphatic rings. The molecule has 10 aromatic rings. The van der Waals surface area contributed by atoms with E-state index in [0.717, 1.165) is 28.4 Å². The van der Waals surface area contributed by atoms with Gasteiger partial charge in [0.1, 0.15) is 23.5 Å². The van der Waals surface area contributed by atoms with E-state index in [1.807, 2.05) is 6.07 Å². The molecule has 0 amide bonds.